The van der Waals surface area contributed by atoms with Crippen LogP contribution in [0.5, 0.6) is 0 Å². The molecule has 124 valence electrons. The van der Waals surface area contributed by atoms with Gasteiger partial charge in [0.15, 0.2) is 5.82 Å². The molecule has 1 saturated heterocycles. The zero-order valence-corrected chi connectivity index (χ0v) is 14.7. The van der Waals surface area contributed by atoms with Gasteiger partial charge in [-0.3, -0.25) is 4.90 Å². The lowest BCUT2D eigenvalue weighted by Gasteiger charge is -2.44. The molecule has 0 N–H and O–H groups in total. The number of likely N-dealkylation sites (N-methyl/N-ethyl adjacent to an activating group) is 1. The molecular formula is C17H26N6. The number of hydrogen-bond donors (Lipinski definition) is 0. The van der Waals surface area contributed by atoms with Gasteiger partial charge in [-0.25, -0.2) is 4.98 Å². The third-order valence-corrected chi connectivity index (χ3v) is 4.40. The number of rotatable bonds is 4. The first-order valence-corrected chi connectivity index (χ1v) is 8.09. The summed E-state index contributed by atoms with van der Waals surface area (Å²) in [6, 6.07) is 4.72. The van der Waals surface area contributed by atoms with Crippen molar-refractivity contribution in [3.8, 4) is 0 Å². The van der Waals surface area contributed by atoms with Crippen molar-refractivity contribution in [1.82, 2.24) is 24.6 Å². The van der Waals surface area contributed by atoms with Crippen molar-refractivity contribution in [2.24, 2.45) is 7.05 Å². The molecule has 1 fully saturated rings. The minimum atomic E-state index is 0.0475. The maximum atomic E-state index is 4.39. The normalized spacial score (nSPS) is 16.0. The van der Waals surface area contributed by atoms with Gasteiger partial charge in [-0.05, 0) is 19.2 Å². The van der Waals surface area contributed by atoms with E-state index < -0.39 is 0 Å². The van der Waals surface area contributed by atoms with E-state index >= 15 is 0 Å². The van der Waals surface area contributed by atoms with Crippen LogP contribution < -0.4 is 4.90 Å². The predicted octanol–water partition coefficient (Wildman–Crippen LogP) is 1.83. The quantitative estimate of drug-likeness (QED) is 0.862. The molecular weight excluding hydrogens is 288 g/mol. The number of aromatic nitrogens is 4. The molecule has 23 heavy (non-hydrogen) atoms. The molecule has 3 rings (SSSR count). The molecule has 3 heterocycles. The largest absolute Gasteiger partial charge is 0.352 e. The van der Waals surface area contributed by atoms with Crippen LogP contribution in [0.25, 0.3) is 0 Å². The molecule has 0 saturated carbocycles. The van der Waals surface area contributed by atoms with E-state index in [2.05, 4.69) is 71.1 Å². The SMILES string of the molecule is CN(Cc1cn(C)cn1)C1CN(c2ccc(C(C)(C)C)nn2)C1. The molecule has 6 nitrogen and oxygen atoms in total. The van der Waals surface area contributed by atoms with Crippen LogP contribution in [0.2, 0.25) is 0 Å². The van der Waals surface area contributed by atoms with Crippen LogP contribution in [-0.4, -0.2) is 50.8 Å². The first kappa shape index (κ1) is 15.9. The molecule has 0 aromatic carbocycles. The highest BCUT2D eigenvalue weighted by Crippen LogP contribution is 2.24. The highest BCUT2D eigenvalue weighted by molar-refractivity contribution is 5.42. The summed E-state index contributed by atoms with van der Waals surface area (Å²) in [4.78, 5) is 9.03. The summed E-state index contributed by atoms with van der Waals surface area (Å²) in [5, 5.41) is 8.77. The second-order valence-corrected chi connectivity index (χ2v) is 7.53. The van der Waals surface area contributed by atoms with Crippen LogP contribution >= 0.6 is 0 Å². The summed E-state index contributed by atoms with van der Waals surface area (Å²) >= 11 is 0. The smallest absolute Gasteiger partial charge is 0.151 e. The topological polar surface area (TPSA) is 50.1 Å². The van der Waals surface area contributed by atoms with Crippen LogP contribution in [0.3, 0.4) is 0 Å². The molecule has 0 spiro atoms. The Labute approximate surface area is 138 Å². The Kier molecular flexibility index (Phi) is 4.10. The Hall–Kier alpha value is -1.95. The first-order chi connectivity index (χ1) is 10.8. The maximum Gasteiger partial charge on any atom is 0.151 e. The summed E-state index contributed by atoms with van der Waals surface area (Å²) in [6.45, 7) is 9.34. The average Bonchev–Trinajstić information content (AvgIpc) is 2.82. The van der Waals surface area contributed by atoms with Crippen molar-refractivity contribution >= 4 is 5.82 Å². The molecule has 0 amide bonds. The van der Waals surface area contributed by atoms with Gasteiger partial charge in [0.05, 0.1) is 17.7 Å². The van der Waals surface area contributed by atoms with E-state index in [1.807, 2.05) is 17.9 Å². The van der Waals surface area contributed by atoms with Crippen molar-refractivity contribution in [2.45, 2.75) is 38.8 Å². The van der Waals surface area contributed by atoms with Crippen LogP contribution in [0.4, 0.5) is 5.82 Å². The molecule has 0 atom stereocenters. The van der Waals surface area contributed by atoms with E-state index in [0.29, 0.717) is 6.04 Å². The molecule has 1 aliphatic rings. The maximum absolute atomic E-state index is 4.39. The Balaban J connectivity index is 1.54. The second-order valence-electron chi connectivity index (χ2n) is 7.53. The lowest BCUT2D eigenvalue weighted by Crippen LogP contribution is -2.58. The van der Waals surface area contributed by atoms with Gasteiger partial charge in [-0.1, -0.05) is 20.8 Å². The molecule has 0 radical (unpaired) electrons. The molecule has 6 heteroatoms. The van der Waals surface area contributed by atoms with Crippen molar-refractivity contribution < 1.29 is 0 Å². The van der Waals surface area contributed by atoms with E-state index in [9.17, 15) is 0 Å². The molecule has 0 aliphatic carbocycles. The fraction of sp³-hybridized carbons (Fsp3) is 0.588. The van der Waals surface area contributed by atoms with Crippen LogP contribution in [-0.2, 0) is 19.0 Å². The Bertz CT molecular complexity index is 648. The first-order valence-electron chi connectivity index (χ1n) is 8.09. The zero-order valence-electron chi connectivity index (χ0n) is 14.7. The lowest BCUT2D eigenvalue weighted by molar-refractivity contribution is 0.194. The van der Waals surface area contributed by atoms with E-state index in [1.165, 1.54) is 0 Å². The molecule has 1 aliphatic heterocycles. The Morgan fingerprint density at radius 3 is 2.48 bits per heavy atom. The number of imidazole rings is 1. The van der Waals surface area contributed by atoms with Crippen molar-refractivity contribution in [3.63, 3.8) is 0 Å². The van der Waals surface area contributed by atoms with Gasteiger partial charge < -0.3 is 9.47 Å². The van der Waals surface area contributed by atoms with Crippen molar-refractivity contribution in [3.05, 3.63) is 36.0 Å². The van der Waals surface area contributed by atoms with Gasteiger partial charge >= 0.3 is 0 Å². The Morgan fingerprint density at radius 2 is 1.96 bits per heavy atom. The summed E-state index contributed by atoms with van der Waals surface area (Å²) in [5.41, 5.74) is 2.19. The van der Waals surface area contributed by atoms with Gasteiger partial charge in [-0.15, -0.1) is 5.10 Å². The number of aryl methyl sites for hydroxylation is 1. The lowest BCUT2D eigenvalue weighted by atomic mass is 9.92. The van der Waals surface area contributed by atoms with Gasteiger partial charge in [0.25, 0.3) is 0 Å². The van der Waals surface area contributed by atoms with Gasteiger partial charge in [0.2, 0.25) is 0 Å². The summed E-state index contributed by atoms with van der Waals surface area (Å²) in [7, 11) is 4.16. The number of hydrogen-bond acceptors (Lipinski definition) is 5. The monoisotopic (exact) mass is 314 g/mol. The van der Waals surface area contributed by atoms with Crippen LogP contribution in [0.1, 0.15) is 32.2 Å². The van der Waals surface area contributed by atoms with Gasteiger partial charge in [0.1, 0.15) is 0 Å². The van der Waals surface area contributed by atoms with E-state index in [1.54, 1.807) is 0 Å². The minimum absolute atomic E-state index is 0.0475. The van der Waals surface area contributed by atoms with Crippen LogP contribution in [0.15, 0.2) is 24.7 Å². The van der Waals surface area contributed by atoms with Crippen molar-refractivity contribution in [2.75, 3.05) is 25.0 Å². The zero-order chi connectivity index (χ0) is 16.6. The second kappa shape index (κ2) is 5.92. The number of anilines is 1. The van der Waals surface area contributed by atoms with E-state index in [0.717, 1.165) is 36.8 Å². The fourth-order valence-corrected chi connectivity index (χ4v) is 2.75. The third kappa shape index (κ3) is 3.52. The summed E-state index contributed by atoms with van der Waals surface area (Å²) in [6.07, 6.45) is 3.92. The van der Waals surface area contributed by atoms with E-state index in [-0.39, 0.29) is 5.41 Å². The standard InChI is InChI=1S/C17H26N6/c1-17(2,3)15-6-7-16(20-19-15)23-10-14(11-23)22(5)9-13-8-21(4)12-18-13/h6-8,12,14H,9-11H2,1-5H3. The predicted molar refractivity (Wildman–Crippen MR) is 91.4 cm³/mol. The molecule has 2 aromatic heterocycles. The third-order valence-electron chi connectivity index (χ3n) is 4.40. The fourth-order valence-electron chi connectivity index (χ4n) is 2.75. The van der Waals surface area contributed by atoms with Gasteiger partial charge in [-0.2, -0.15) is 5.10 Å². The minimum Gasteiger partial charge on any atom is -0.352 e. The van der Waals surface area contributed by atoms with E-state index in [4.69, 9.17) is 0 Å². The molecule has 2 aromatic rings. The average molecular weight is 314 g/mol. The highest BCUT2D eigenvalue weighted by Gasteiger charge is 2.31. The van der Waals surface area contributed by atoms with Crippen molar-refractivity contribution in [1.29, 1.82) is 0 Å². The Morgan fingerprint density at radius 1 is 1.22 bits per heavy atom. The molecule has 0 unspecified atom stereocenters. The summed E-state index contributed by atoms with van der Waals surface area (Å²) in [5.74, 6) is 0.973. The van der Waals surface area contributed by atoms with Gasteiger partial charge in [0, 0.05) is 44.3 Å². The molecule has 0 bridgehead atoms. The highest BCUT2D eigenvalue weighted by atomic mass is 15.4. The van der Waals surface area contributed by atoms with Crippen LogP contribution in [0, 0.1) is 0 Å². The number of nitrogens with zero attached hydrogens (tertiary/aromatic N) is 6. The summed E-state index contributed by atoms with van der Waals surface area (Å²) < 4.78 is 1.99.